The second-order valence-electron chi connectivity index (χ2n) is 1.91. The summed E-state index contributed by atoms with van der Waals surface area (Å²) in [7, 11) is 0. The Morgan fingerprint density at radius 3 is 2.10 bits per heavy atom. The summed E-state index contributed by atoms with van der Waals surface area (Å²) in [5.41, 5.74) is 13.0. The first-order chi connectivity index (χ1) is 4.59. The van der Waals surface area contributed by atoms with Crippen LogP contribution in [0.1, 0.15) is 6.92 Å². The molecular weight excluding hydrogens is 239 g/mol. The second-order valence-corrected chi connectivity index (χ2v) is 2.63. The SMILES string of the molecule is C=C(N)C(/C=C\I)=C(\C)N. The first kappa shape index (κ1) is 9.55. The smallest absolute Gasteiger partial charge is 0.0332 e. The van der Waals surface area contributed by atoms with Crippen LogP contribution >= 0.6 is 22.6 Å². The minimum Gasteiger partial charge on any atom is -0.402 e. The van der Waals surface area contributed by atoms with Gasteiger partial charge in [-0.3, -0.25) is 0 Å². The van der Waals surface area contributed by atoms with E-state index in [-0.39, 0.29) is 0 Å². The van der Waals surface area contributed by atoms with Gasteiger partial charge in [0.15, 0.2) is 0 Å². The van der Waals surface area contributed by atoms with E-state index >= 15 is 0 Å². The molecule has 0 rings (SSSR count). The Morgan fingerprint density at radius 1 is 1.50 bits per heavy atom. The van der Waals surface area contributed by atoms with Gasteiger partial charge in [0.25, 0.3) is 0 Å². The largest absolute Gasteiger partial charge is 0.402 e. The molecule has 0 saturated carbocycles. The molecule has 0 fully saturated rings. The lowest BCUT2D eigenvalue weighted by Gasteiger charge is -2.01. The zero-order valence-electron chi connectivity index (χ0n) is 5.89. The van der Waals surface area contributed by atoms with Crippen LogP contribution in [0.15, 0.2) is 33.7 Å². The van der Waals surface area contributed by atoms with Crippen LogP contribution in [0.5, 0.6) is 0 Å². The van der Waals surface area contributed by atoms with Crippen LogP contribution < -0.4 is 11.5 Å². The maximum Gasteiger partial charge on any atom is 0.0332 e. The average Bonchev–Trinajstić information content (AvgIpc) is 1.81. The highest BCUT2D eigenvalue weighted by molar-refractivity contribution is 14.1. The van der Waals surface area contributed by atoms with Gasteiger partial charge in [-0.15, -0.1) is 0 Å². The molecule has 2 nitrogen and oxygen atoms in total. The van der Waals surface area contributed by atoms with E-state index in [1.807, 2.05) is 10.2 Å². The highest BCUT2D eigenvalue weighted by Gasteiger charge is 1.95. The number of allylic oxidation sites excluding steroid dienone is 2. The molecule has 0 aromatic carbocycles. The van der Waals surface area contributed by atoms with Gasteiger partial charge in [-0.05, 0) is 17.1 Å². The van der Waals surface area contributed by atoms with E-state index in [9.17, 15) is 0 Å². The Kier molecular flexibility index (Phi) is 4.18. The molecule has 0 aliphatic heterocycles. The van der Waals surface area contributed by atoms with Crippen LogP contribution in [0, 0.1) is 0 Å². The monoisotopic (exact) mass is 250 g/mol. The number of halogens is 1. The third kappa shape index (κ3) is 2.91. The molecule has 0 saturated heterocycles. The standard InChI is InChI=1S/C7H11IN2/c1-5(9)7(3-4-8)6(2)10/h3-4H,1,9-10H2,2H3/b4-3-,7-6+. The van der Waals surface area contributed by atoms with Gasteiger partial charge in [-0.2, -0.15) is 0 Å². The third-order valence-electron chi connectivity index (χ3n) is 1.00. The lowest BCUT2D eigenvalue weighted by atomic mass is 10.2. The summed E-state index contributed by atoms with van der Waals surface area (Å²) in [4.78, 5) is 0. The van der Waals surface area contributed by atoms with Gasteiger partial charge < -0.3 is 11.5 Å². The van der Waals surface area contributed by atoms with Crippen molar-refractivity contribution in [3.63, 3.8) is 0 Å². The summed E-state index contributed by atoms with van der Waals surface area (Å²) in [5, 5.41) is 0. The Bertz CT molecular complexity index is 188. The second kappa shape index (κ2) is 4.38. The summed E-state index contributed by atoms with van der Waals surface area (Å²) >= 11 is 2.10. The first-order valence-corrected chi connectivity index (χ1v) is 4.02. The van der Waals surface area contributed by atoms with Crippen LogP contribution in [0.2, 0.25) is 0 Å². The van der Waals surface area contributed by atoms with Crippen molar-refractivity contribution < 1.29 is 0 Å². The number of hydrogen-bond donors (Lipinski definition) is 2. The fraction of sp³-hybridized carbons (Fsp3) is 0.143. The fourth-order valence-corrected chi connectivity index (χ4v) is 0.914. The topological polar surface area (TPSA) is 52.0 Å². The lowest BCUT2D eigenvalue weighted by molar-refractivity contribution is 1.22. The quantitative estimate of drug-likeness (QED) is 0.578. The summed E-state index contributed by atoms with van der Waals surface area (Å²) in [6, 6.07) is 0. The van der Waals surface area contributed by atoms with Gasteiger partial charge in [0.1, 0.15) is 0 Å². The zero-order valence-corrected chi connectivity index (χ0v) is 8.05. The minimum atomic E-state index is 0.507. The van der Waals surface area contributed by atoms with Crippen LogP contribution in [-0.2, 0) is 0 Å². The van der Waals surface area contributed by atoms with Crippen molar-refractivity contribution in [2.24, 2.45) is 11.5 Å². The van der Waals surface area contributed by atoms with Crippen molar-refractivity contribution in [3.8, 4) is 0 Å². The Morgan fingerprint density at radius 2 is 2.00 bits per heavy atom. The van der Waals surface area contributed by atoms with Crippen LogP contribution in [0.4, 0.5) is 0 Å². The minimum absolute atomic E-state index is 0.507. The van der Waals surface area contributed by atoms with Gasteiger partial charge in [0.05, 0.1) is 0 Å². The molecule has 3 heteroatoms. The molecular formula is C7H11IN2. The highest BCUT2D eigenvalue weighted by atomic mass is 127. The highest BCUT2D eigenvalue weighted by Crippen LogP contribution is 2.07. The molecule has 0 radical (unpaired) electrons. The summed E-state index contributed by atoms with van der Waals surface area (Å²) in [6.07, 6.45) is 1.83. The number of nitrogens with two attached hydrogens (primary N) is 2. The van der Waals surface area contributed by atoms with Gasteiger partial charge in [0, 0.05) is 17.0 Å². The van der Waals surface area contributed by atoms with E-state index < -0.39 is 0 Å². The molecule has 4 N–H and O–H groups in total. The Labute approximate surface area is 74.8 Å². The van der Waals surface area contributed by atoms with Crippen molar-refractivity contribution in [2.75, 3.05) is 0 Å². The normalized spacial score (nSPS) is 13.4. The van der Waals surface area contributed by atoms with Crippen molar-refractivity contribution >= 4 is 22.6 Å². The van der Waals surface area contributed by atoms with Crippen LogP contribution in [-0.4, -0.2) is 0 Å². The maximum absolute atomic E-state index is 5.51. The van der Waals surface area contributed by atoms with E-state index in [0.717, 1.165) is 5.57 Å². The fourth-order valence-electron chi connectivity index (χ4n) is 0.555. The molecule has 0 aliphatic carbocycles. The summed E-state index contributed by atoms with van der Waals surface area (Å²) < 4.78 is 1.85. The molecule has 0 spiro atoms. The molecule has 0 unspecified atom stereocenters. The van der Waals surface area contributed by atoms with Gasteiger partial charge >= 0.3 is 0 Å². The number of hydrogen-bond acceptors (Lipinski definition) is 2. The molecule has 0 amide bonds. The van der Waals surface area contributed by atoms with Crippen LogP contribution in [0.25, 0.3) is 0 Å². The molecule has 0 atom stereocenters. The molecule has 0 aromatic heterocycles. The predicted octanol–water partition coefficient (Wildman–Crippen LogP) is 1.64. The van der Waals surface area contributed by atoms with E-state index in [1.165, 1.54) is 0 Å². The van der Waals surface area contributed by atoms with Crippen molar-refractivity contribution in [2.45, 2.75) is 6.92 Å². The van der Waals surface area contributed by atoms with E-state index in [0.29, 0.717) is 11.4 Å². The van der Waals surface area contributed by atoms with E-state index in [2.05, 4.69) is 29.2 Å². The van der Waals surface area contributed by atoms with Crippen molar-refractivity contribution in [1.82, 2.24) is 0 Å². The van der Waals surface area contributed by atoms with Gasteiger partial charge in [-0.1, -0.05) is 29.2 Å². The summed E-state index contributed by atoms with van der Waals surface area (Å²) in [5.74, 6) is 0. The van der Waals surface area contributed by atoms with E-state index in [1.54, 1.807) is 6.92 Å². The predicted molar refractivity (Wildman–Crippen MR) is 53.4 cm³/mol. The molecule has 0 heterocycles. The molecule has 10 heavy (non-hydrogen) atoms. The first-order valence-electron chi connectivity index (χ1n) is 2.77. The molecule has 0 aliphatic rings. The van der Waals surface area contributed by atoms with Crippen LogP contribution in [0.3, 0.4) is 0 Å². The maximum atomic E-state index is 5.51. The molecule has 0 aromatic rings. The van der Waals surface area contributed by atoms with E-state index in [4.69, 9.17) is 11.5 Å². The zero-order chi connectivity index (χ0) is 8.15. The molecule has 56 valence electrons. The summed E-state index contributed by atoms with van der Waals surface area (Å²) in [6.45, 7) is 5.38. The Balaban J connectivity index is 4.61. The van der Waals surface area contributed by atoms with Crippen molar-refractivity contribution in [3.05, 3.63) is 33.7 Å². The average molecular weight is 250 g/mol. The number of rotatable bonds is 2. The Hall–Kier alpha value is -0.450. The third-order valence-corrected chi connectivity index (χ3v) is 1.36. The van der Waals surface area contributed by atoms with Crippen molar-refractivity contribution in [1.29, 1.82) is 0 Å². The molecule has 0 bridgehead atoms. The van der Waals surface area contributed by atoms with Gasteiger partial charge in [-0.25, -0.2) is 0 Å². The van der Waals surface area contributed by atoms with Gasteiger partial charge in [0.2, 0.25) is 0 Å². The lowest BCUT2D eigenvalue weighted by Crippen LogP contribution is -2.04.